The van der Waals surface area contributed by atoms with Crippen LogP contribution in [-0.2, 0) is 13.2 Å². The van der Waals surface area contributed by atoms with E-state index in [0.29, 0.717) is 30.4 Å². The summed E-state index contributed by atoms with van der Waals surface area (Å²) >= 11 is 1.60. The minimum atomic E-state index is 0.0765. The van der Waals surface area contributed by atoms with Crippen LogP contribution >= 0.6 is 11.3 Å². The number of rotatable bonds is 10. The fraction of sp³-hybridized carbons (Fsp3) is 0.348. The van der Waals surface area contributed by atoms with Crippen LogP contribution < -0.4 is 24.3 Å². The molecule has 2 aromatic carbocycles. The summed E-state index contributed by atoms with van der Waals surface area (Å²) in [6.45, 7) is 5.27. The Balaban J connectivity index is 1.58. The van der Waals surface area contributed by atoms with E-state index in [2.05, 4.69) is 29.5 Å². The largest absolute Gasteiger partial charge is 0.493 e. The van der Waals surface area contributed by atoms with Crippen LogP contribution in [0.1, 0.15) is 34.8 Å². The molecule has 6 nitrogen and oxygen atoms in total. The standard InChI is InChI=1S/C23H28N2O4S/c1-15-6-8-19(9-7-15)29-13-22-25-18(14-30-22)12-24-16(2)17-10-20(26-3)23(28-5)21(11-17)27-4/h6-11,14,16,24H,12-13H2,1-5H3. The van der Waals surface area contributed by atoms with Gasteiger partial charge in [-0.1, -0.05) is 17.7 Å². The van der Waals surface area contributed by atoms with Gasteiger partial charge in [-0.3, -0.25) is 0 Å². The van der Waals surface area contributed by atoms with Gasteiger partial charge in [0.05, 0.1) is 27.0 Å². The number of nitrogens with zero attached hydrogens (tertiary/aromatic N) is 1. The lowest BCUT2D eigenvalue weighted by atomic mass is 10.1. The van der Waals surface area contributed by atoms with Crippen molar-refractivity contribution in [2.75, 3.05) is 21.3 Å². The molecule has 0 saturated heterocycles. The third kappa shape index (κ3) is 5.43. The summed E-state index contributed by atoms with van der Waals surface area (Å²) < 4.78 is 22.1. The molecule has 0 fully saturated rings. The Labute approximate surface area is 181 Å². The lowest BCUT2D eigenvalue weighted by molar-refractivity contribution is 0.305. The second-order valence-electron chi connectivity index (χ2n) is 6.90. The Morgan fingerprint density at radius 3 is 2.27 bits per heavy atom. The van der Waals surface area contributed by atoms with Crippen LogP contribution in [-0.4, -0.2) is 26.3 Å². The molecule has 0 bridgehead atoms. The van der Waals surface area contributed by atoms with Gasteiger partial charge in [-0.25, -0.2) is 4.98 Å². The van der Waals surface area contributed by atoms with Crippen molar-refractivity contribution >= 4 is 11.3 Å². The molecular formula is C23H28N2O4S. The van der Waals surface area contributed by atoms with Crippen LogP contribution in [0.5, 0.6) is 23.0 Å². The fourth-order valence-corrected chi connectivity index (χ4v) is 3.71. The molecule has 0 aliphatic heterocycles. The zero-order valence-corrected chi connectivity index (χ0v) is 18.8. The molecule has 7 heteroatoms. The van der Waals surface area contributed by atoms with Crippen molar-refractivity contribution < 1.29 is 18.9 Å². The van der Waals surface area contributed by atoms with Crippen molar-refractivity contribution in [3.8, 4) is 23.0 Å². The molecule has 0 radical (unpaired) electrons. The zero-order chi connectivity index (χ0) is 21.5. The molecule has 1 unspecified atom stereocenters. The number of methoxy groups -OCH3 is 3. The maximum atomic E-state index is 5.82. The van der Waals surface area contributed by atoms with Crippen molar-refractivity contribution in [1.29, 1.82) is 0 Å². The summed E-state index contributed by atoms with van der Waals surface area (Å²) in [6.07, 6.45) is 0. The monoisotopic (exact) mass is 428 g/mol. The topological polar surface area (TPSA) is 61.8 Å². The number of benzene rings is 2. The van der Waals surface area contributed by atoms with E-state index in [4.69, 9.17) is 18.9 Å². The normalized spacial score (nSPS) is 11.8. The van der Waals surface area contributed by atoms with E-state index < -0.39 is 0 Å². The summed E-state index contributed by atoms with van der Waals surface area (Å²) in [6, 6.07) is 12.0. The van der Waals surface area contributed by atoms with Crippen molar-refractivity contribution in [2.24, 2.45) is 0 Å². The van der Waals surface area contributed by atoms with Gasteiger partial charge < -0.3 is 24.3 Å². The Hall–Kier alpha value is -2.77. The van der Waals surface area contributed by atoms with Crippen LogP contribution in [0.3, 0.4) is 0 Å². The highest BCUT2D eigenvalue weighted by molar-refractivity contribution is 7.09. The Morgan fingerprint density at radius 1 is 1.00 bits per heavy atom. The van der Waals surface area contributed by atoms with Gasteiger partial charge in [0.15, 0.2) is 11.5 Å². The number of aryl methyl sites for hydroxylation is 1. The summed E-state index contributed by atoms with van der Waals surface area (Å²) in [7, 11) is 4.84. The summed E-state index contributed by atoms with van der Waals surface area (Å²) in [5.74, 6) is 2.73. The molecule has 1 aromatic heterocycles. The minimum Gasteiger partial charge on any atom is -0.493 e. The molecule has 3 rings (SSSR count). The molecule has 0 saturated carbocycles. The van der Waals surface area contributed by atoms with E-state index in [0.717, 1.165) is 22.0 Å². The highest BCUT2D eigenvalue weighted by atomic mass is 32.1. The molecule has 1 heterocycles. The maximum Gasteiger partial charge on any atom is 0.203 e. The molecule has 1 N–H and O–H groups in total. The predicted octanol–water partition coefficient (Wildman–Crippen LogP) is 4.91. The number of ether oxygens (including phenoxy) is 4. The first-order chi connectivity index (χ1) is 14.5. The van der Waals surface area contributed by atoms with Crippen LogP contribution in [0.25, 0.3) is 0 Å². The lowest BCUT2D eigenvalue weighted by Gasteiger charge is -2.18. The van der Waals surface area contributed by atoms with Gasteiger partial charge in [-0.15, -0.1) is 11.3 Å². The first-order valence-electron chi connectivity index (χ1n) is 9.70. The smallest absolute Gasteiger partial charge is 0.203 e. The third-order valence-electron chi connectivity index (χ3n) is 4.76. The number of nitrogens with one attached hydrogen (secondary N) is 1. The lowest BCUT2D eigenvalue weighted by Crippen LogP contribution is -2.18. The van der Waals surface area contributed by atoms with Crippen LogP contribution in [0.15, 0.2) is 41.8 Å². The van der Waals surface area contributed by atoms with Gasteiger partial charge in [-0.05, 0) is 43.7 Å². The predicted molar refractivity (Wildman–Crippen MR) is 119 cm³/mol. The second kappa shape index (κ2) is 10.3. The number of hydrogen-bond donors (Lipinski definition) is 1. The first-order valence-corrected chi connectivity index (χ1v) is 10.6. The van der Waals surface area contributed by atoms with E-state index in [1.807, 2.05) is 36.4 Å². The quantitative estimate of drug-likeness (QED) is 0.495. The van der Waals surface area contributed by atoms with Gasteiger partial charge in [0, 0.05) is 18.0 Å². The van der Waals surface area contributed by atoms with Gasteiger partial charge in [0.2, 0.25) is 5.75 Å². The van der Waals surface area contributed by atoms with Gasteiger partial charge in [0.1, 0.15) is 17.4 Å². The van der Waals surface area contributed by atoms with Gasteiger partial charge in [-0.2, -0.15) is 0 Å². The molecule has 0 aliphatic carbocycles. The van der Waals surface area contributed by atoms with Crippen molar-refractivity contribution in [3.63, 3.8) is 0 Å². The average Bonchev–Trinajstić information content (AvgIpc) is 3.23. The molecule has 0 spiro atoms. The molecule has 30 heavy (non-hydrogen) atoms. The Morgan fingerprint density at radius 2 is 1.67 bits per heavy atom. The van der Waals surface area contributed by atoms with E-state index in [1.54, 1.807) is 32.7 Å². The maximum absolute atomic E-state index is 5.82. The molecule has 160 valence electrons. The molecule has 3 aromatic rings. The zero-order valence-electron chi connectivity index (χ0n) is 18.0. The van der Waals surface area contributed by atoms with Crippen molar-refractivity contribution in [1.82, 2.24) is 10.3 Å². The fourth-order valence-electron chi connectivity index (χ4n) is 3.00. The first kappa shape index (κ1) is 21.9. The average molecular weight is 429 g/mol. The minimum absolute atomic E-state index is 0.0765. The van der Waals surface area contributed by atoms with Crippen molar-refractivity contribution in [3.05, 3.63) is 63.6 Å². The summed E-state index contributed by atoms with van der Waals surface area (Å²) in [4.78, 5) is 4.66. The van der Waals surface area contributed by atoms with E-state index in [1.165, 1.54) is 5.56 Å². The number of aromatic nitrogens is 1. The van der Waals surface area contributed by atoms with Crippen molar-refractivity contribution in [2.45, 2.75) is 33.0 Å². The molecular weight excluding hydrogens is 400 g/mol. The molecule has 0 amide bonds. The van der Waals surface area contributed by atoms with Crippen LogP contribution in [0, 0.1) is 6.92 Å². The van der Waals surface area contributed by atoms with Gasteiger partial charge >= 0.3 is 0 Å². The number of thiazole rings is 1. The second-order valence-corrected chi connectivity index (χ2v) is 7.84. The highest BCUT2D eigenvalue weighted by Gasteiger charge is 2.16. The highest BCUT2D eigenvalue weighted by Crippen LogP contribution is 2.39. The Bertz CT molecular complexity index is 931. The molecule has 1 atom stereocenters. The van der Waals surface area contributed by atoms with Gasteiger partial charge in [0.25, 0.3) is 0 Å². The summed E-state index contributed by atoms with van der Waals surface area (Å²) in [5, 5.41) is 6.51. The Kier molecular flexibility index (Phi) is 7.54. The van der Waals surface area contributed by atoms with Crippen LogP contribution in [0.4, 0.5) is 0 Å². The summed E-state index contributed by atoms with van der Waals surface area (Å²) in [5.41, 5.74) is 3.25. The van der Waals surface area contributed by atoms with E-state index in [-0.39, 0.29) is 6.04 Å². The third-order valence-corrected chi connectivity index (χ3v) is 5.63. The van der Waals surface area contributed by atoms with Crippen LogP contribution in [0.2, 0.25) is 0 Å². The SMILES string of the molecule is COc1cc(C(C)NCc2csc(COc3ccc(C)cc3)n2)cc(OC)c1OC. The molecule has 0 aliphatic rings. The number of hydrogen-bond acceptors (Lipinski definition) is 7. The van der Waals surface area contributed by atoms with E-state index in [9.17, 15) is 0 Å². The van der Waals surface area contributed by atoms with E-state index >= 15 is 0 Å².